The van der Waals surface area contributed by atoms with E-state index in [4.69, 9.17) is 60.3 Å². The van der Waals surface area contributed by atoms with Gasteiger partial charge in [0.15, 0.2) is 0 Å². The van der Waals surface area contributed by atoms with Crippen LogP contribution in [0.3, 0.4) is 0 Å². The molecular formula is C8H15B4F6NaO12. The van der Waals surface area contributed by atoms with E-state index in [-0.39, 0.29) is 36.8 Å². The maximum atomic E-state index is 12.2. The Labute approximate surface area is 188 Å². The van der Waals surface area contributed by atoms with E-state index in [9.17, 15) is 26.3 Å². The van der Waals surface area contributed by atoms with Crippen molar-refractivity contribution in [3.05, 3.63) is 29.3 Å². The van der Waals surface area contributed by atoms with Gasteiger partial charge < -0.3 is 60.3 Å². The molecule has 1 aromatic rings. The summed E-state index contributed by atoms with van der Waals surface area (Å²) in [7, 11) is -8.67. The molecule has 1 aromatic carbocycles. The van der Waals surface area contributed by atoms with Crippen LogP contribution in [0.5, 0.6) is 0 Å². The first-order valence-corrected chi connectivity index (χ1v) is 7.96. The Kier molecular flexibility index (Phi) is 23.3. The summed E-state index contributed by atoms with van der Waals surface area (Å²) in [6.07, 6.45) is -9.47. The Morgan fingerprint density at radius 3 is 0.774 bits per heavy atom. The van der Waals surface area contributed by atoms with E-state index >= 15 is 0 Å². The topological polar surface area (TPSA) is 243 Å². The maximum absolute atomic E-state index is 12.2. The van der Waals surface area contributed by atoms with Crippen molar-refractivity contribution >= 4 is 60.0 Å². The summed E-state index contributed by atoms with van der Waals surface area (Å²) in [6.45, 7) is 0. The van der Waals surface area contributed by atoms with Crippen LogP contribution in [0, 0.1) is 0 Å². The molecule has 174 valence electrons. The summed E-state index contributed by atoms with van der Waals surface area (Å²) >= 11 is 0.138. The molecule has 1 rings (SSSR count). The number of halogens is 6. The molecule has 0 spiro atoms. The Bertz CT molecular complexity index is 498. The SMILES string of the molecule is FC(F)(F)c1c[c]([Na])cc(C(F)(F)F)c1.OB(O)O.OB(O)O.OB(O)O.OB(O)O. The number of rotatable bonds is 0. The van der Waals surface area contributed by atoms with Crippen molar-refractivity contribution in [3.63, 3.8) is 0 Å². The van der Waals surface area contributed by atoms with Gasteiger partial charge in [-0.3, -0.25) is 0 Å². The first-order chi connectivity index (χ1) is 13.5. The Hall–Kier alpha value is -0.420. The minimum atomic E-state index is -4.74. The second-order valence-electron chi connectivity index (χ2n) is 4.47. The summed E-state index contributed by atoms with van der Waals surface area (Å²) in [6, 6.07) is 1.60. The molecule has 12 N–H and O–H groups in total. The third-order valence-electron chi connectivity index (χ3n) is 1.73. The van der Waals surface area contributed by atoms with Crippen LogP contribution in [0.25, 0.3) is 0 Å². The van der Waals surface area contributed by atoms with Crippen molar-refractivity contribution in [1.29, 1.82) is 0 Å². The molecule has 0 aliphatic rings. The zero-order valence-electron chi connectivity index (χ0n) is 15.2. The molecular weight excluding hydrogens is 468 g/mol. The van der Waals surface area contributed by atoms with Crippen LogP contribution in [0.4, 0.5) is 26.3 Å². The summed E-state index contributed by atoms with van der Waals surface area (Å²) < 4.78 is 73.2. The smallest absolute Gasteiger partial charge is 0.402 e. The van der Waals surface area contributed by atoms with Gasteiger partial charge in [0.05, 0.1) is 0 Å². The van der Waals surface area contributed by atoms with E-state index in [1.165, 1.54) is 0 Å². The van der Waals surface area contributed by atoms with Gasteiger partial charge in [0, 0.05) is 0 Å². The Balaban J connectivity index is -0.000000187. The van der Waals surface area contributed by atoms with Gasteiger partial charge in [-0.1, -0.05) is 0 Å². The van der Waals surface area contributed by atoms with E-state index in [0.717, 1.165) is 12.1 Å². The molecule has 0 aromatic heterocycles. The predicted molar refractivity (Wildman–Crippen MR) is 91.5 cm³/mol. The van der Waals surface area contributed by atoms with Gasteiger partial charge in [-0.25, -0.2) is 0 Å². The van der Waals surface area contributed by atoms with Crippen LogP contribution < -0.4 is 2.81 Å². The Morgan fingerprint density at radius 1 is 0.484 bits per heavy atom. The number of hydrogen-bond acceptors (Lipinski definition) is 12. The van der Waals surface area contributed by atoms with Crippen molar-refractivity contribution in [2.45, 2.75) is 12.4 Å². The maximum Gasteiger partial charge on any atom is 0.631 e. The molecule has 0 unspecified atom stereocenters. The van der Waals surface area contributed by atoms with Crippen molar-refractivity contribution in [2.75, 3.05) is 0 Å². The van der Waals surface area contributed by atoms with Crippen molar-refractivity contribution in [2.24, 2.45) is 0 Å². The van der Waals surface area contributed by atoms with Gasteiger partial charge in [-0.2, -0.15) is 0 Å². The second-order valence-corrected chi connectivity index (χ2v) is 5.62. The normalized spacial score (nSPS) is 9.81. The molecule has 31 heavy (non-hydrogen) atoms. The van der Waals surface area contributed by atoms with Gasteiger partial charge in [-0.15, -0.1) is 0 Å². The zero-order valence-corrected chi connectivity index (χ0v) is 17.2. The van der Waals surface area contributed by atoms with Gasteiger partial charge in [-0.05, 0) is 0 Å². The molecule has 0 atom stereocenters. The van der Waals surface area contributed by atoms with Crippen LogP contribution in [0.2, 0.25) is 0 Å². The van der Waals surface area contributed by atoms with E-state index in [0.29, 0.717) is 0 Å². The monoisotopic (exact) mass is 484 g/mol. The predicted octanol–water partition coefficient (Wildman–Crippen LogP) is -5.69. The van der Waals surface area contributed by atoms with Crippen LogP contribution in [0.1, 0.15) is 11.1 Å². The number of alkyl halides is 6. The largest absolute Gasteiger partial charge is 0.631 e. The fraction of sp³-hybridized carbons (Fsp3) is 0.250. The first kappa shape index (κ1) is 37.9. The fourth-order valence-electron chi connectivity index (χ4n) is 1.11. The third kappa shape index (κ3) is 40.5. The molecule has 0 heterocycles. The van der Waals surface area contributed by atoms with Crippen LogP contribution in [0.15, 0.2) is 18.2 Å². The van der Waals surface area contributed by atoms with Gasteiger partial charge in [0.1, 0.15) is 0 Å². The van der Waals surface area contributed by atoms with Gasteiger partial charge >= 0.3 is 128 Å². The number of benzene rings is 1. The van der Waals surface area contributed by atoms with E-state index < -0.39 is 52.8 Å². The minimum Gasteiger partial charge on any atom is -0.402 e. The quantitative estimate of drug-likeness (QED) is 0.122. The van der Waals surface area contributed by atoms with Crippen molar-refractivity contribution in [3.8, 4) is 0 Å². The summed E-state index contributed by atoms with van der Waals surface area (Å²) in [5.41, 5.74) is -2.50. The minimum absolute atomic E-state index is 0.0668. The first-order valence-electron chi connectivity index (χ1n) is 6.96. The second kappa shape index (κ2) is 19.1. The molecule has 0 aliphatic heterocycles. The molecule has 12 nitrogen and oxygen atoms in total. The molecule has 0 radical (unpaired) electrons. The molecule has 0 saturated carbocycles. The van der Waals surface area contributed by atoms with E-state index in [1.807, 2.05) is 0 Å². The average molecular weight is 483 g/mol. The fourth-order valence-corrected chi connectivity index (χ4v) is 1.73. The van der Waals surface area contributed by atoms with Gasteiger partial charge in [0.25, 0.3) is 0 Å². The van der Waals surface area contributed by atoms with Crippen LogP contribution in [-0.2, 0) is 12.4 Å². The molecule has 0 aliphatic carbocycles. The standard InChI is InChI=1S/C8H3F6.4BH3O3.Na/c9-7(10,11)5-2-1-3-6(4-5)8(12,13)14;4*2-1(3)4;/h2-4H;4*2-4H;. The number of hydrogen-bond donors (Lipinski definition) is 12. The third-order valence-corrected chi connectivity index (χ3v) is 2.31. The molecule has 23 heteroatoms. The van der Waals surface area contributed by atoms with Gasteiger partial charge in [0.2, 0.25) is 0 Å². The van der Waals surface area contributed by atoms with E-state index in [1.54, 1.807) is 0 Å². The van der Waals surface area contributed by atoms with Crippen molar-refractivity contribution < 1.29 is 86.6 Å². The van der Waals surface area contributed by atoms with E-state index in [2.05, 4.69) is 0 Å². The van der Waals surface area contributed by atoms with Crippen molar-refractivity contribution in [1.82, 2.24) is 0 Å². The molecule has 0 fully saturated rings. The molecule has 0 bridgehead atoms. The summed E-state index contributed by atoms with van der Waals surface area (Å²) in [4.78, 5) is 0. The average Bonchev–Trinajstić information content (AvgIpc) is 2.42. The van der Waals surface area contributed by atoms with Crippen LogP contribution in [-0.4, -0.2) is 118 Å². The molecule has 0 saturated heterocycles. The zero-order chi connectivity index (χ0) is 26.2. The van der Waals surface area contributed by atoms with Crippen LogP contribution >= 0.6 is 0 Å². The molecule has 0 amide bonds. The summed E-state index contributed by atoms with van der Waals surface area (Å²) in [5.74, 6) is 0. The Morgan fingerprint density at radius 2 is 0.645 bits per heavy atom. The summed E-state index contributed by atoms with van der Waals surface area (Å²) in [5, 5.41) is 86.0.